The first-order valence-corrected chi connectivity index (χ1v) is 12.9. The van der Waals surface area contributed by atoms with E-state index in [2.05, 4.69) is 25.7 Å². The second-order valence-corrected chi connectivity index (χ2v) is 10.2. The van der Waals surface area contributed by atoms with E-state index in [1.54, 1.807) is 24.3 Å². The number of nitrogens with one attached hydrogen (secondary N) is 2. The molecule has 0 radical (unpaired) electrons. The van der Waals surface area contributed by atoms with Crippen LogP contribution in [0.25, 0.3) is 17.1 Å². The Kier molecular flexibility index (Phi) is 8.82. The van der Waals surface area contributed by atoms with Gasteiger partial charge in [0.05, 0.1) is 17.6 Å². The first-order chi connectivity index (χ1) is 20.7. The lowest BCUT2D eigenvalue weighted by molar-refractivity contribution is -0.119. The smallest absolute Gasteiger partial charge is 0.416 e. The zero-order valence-corrected chi connectivity index (χ0v) is 23.8. The maximum absolute atomic E-state index is 13.3. The molecule has 4 aromatic rings. The number of amides is 3. The average Bonchev–Trinajstić information content (AvgIpc) is 3.62. The molecule has 1 aromatic carbocycles. The number of hydrogen-bond acceptors (Lipinski definition) is 9. The zero-order valence-electron chi connectivity index (χ0n) is 23.8. The summed E-state index contributed by atoms with van der Waals surface area (Å²) in [6.45, 7) is 2.86. The summed E-state index contributed by atoms with van der Waals surface area (Å²) in [6.07, 6.45) is -1.81. The molecule has 3 heterocycles. The number of rotatable bonds is 8. The molecule has 230 valence electrons. The van der Waals surface area contributed by atoms with Crippen LogP contribution in [0.3, 0.4) is 0 Å². The third-order valence-corrected chi connectivity index (χ3v) is 5.66. The number of oxazole rings is 1. The number of aldehydes is 1. The van der Waals surface area contributed by atoms with E-state index in [1.165, 1.54) is 44.8 Å². The molecule has 0 unspecified atom stereocenters. The molecule has 3 aromatic heterocycles. The number of halogens is 3. The topological polar surface area (TPSA) is 162 Å². The molecule has 13 nitrogen and oxygen atoms in total. The Balaban J connectivity index is 1.59. The Morgan fingerprint density at radius 3 is 2.41 bits per heavy atom. The first-order valence-electron chi connectivity index (χ1n) is 12.9. The molecule has 4 rings (SSSR count). The standard InChI is InChI=1S/C28H26F3N7O6/c1-27(2,3)44-26(42)37(15-28(29,30)31)21-11-17(9-10-33-21)25-35-20(14-43-25)23(40)34-19-12-38(36-22(19)24(41)32-4)18-7-5-16(13-39)6-8-18/h5-14H,15H2,1-4H3,(H,32,41)(H,34,40). The molecule has 0 bridgehead atoms. The molecule has 0 spiro atoms. The van der Waals surface area contributed by atoms with Gasteiger partial charge in [-0.05, 0) is 57.2 Å². The SMILES string of the molecule is CNC(=O)c1nn(-c2ccc(C=O)cc2)cc1NC(=O)c1coc(-c2ccnc(N(CC(F)(F)F)C(=O)OC(C)(C)C)c2)n1. The van der Waals surface area contributed by atoms with Crippen molar-refractivity contribution < 1.29 is 41.5 Å². The number of ether oxygens (including phenoxy) is 1. The molecule has 3 amide bonds. The quantitative estimate of drug-likeness (QED) is 0.270. The van der Waals surface area contributed by atoms with Crippen LogP contribution in [-0.4, -0.2) is 69.3 Å². The molecule has 0 saturated heterocycles. The highest BCUT2D eigenvalue weighted by Crippen LogP contribution is 2.27. The fourth-order valence-corrected chi connectivity index (χ4v) is 3.72. The van der Waals surface area contributed by atoms with Crippen molar-refractivity contribution in [2.45, 2.75) is 32.5 Å². The molecule has 0 saturated carbocycles. The zero-order chi connectivity index (χ0) is 32.2. The van der Waals surface area contributed by atoms with E-state index < -0.39 is 36.2 Å². The van der Waals surface area contributed by atoms with Crippen molar-refractivity contribution in [3.63, 3.8) is 0 Å². The van der Waals surface area contributed by atoms with Gasteiger partial charge in [0.1, 0.15) is 30.5 Å². The van der Waals surface area contributed by atoms with E-state index in [4.69, 9.17) is 9.15 Å². The van der Waals surface area contributed by atoms with E-state index in [-0.39, 0.29) is 34.3 Å². The monoisotopic (exact) mass is 613 g/mol. The molecule has 44 heavy (non-hydrogen) atoms. The van der Waals surface area contributed by atoms with Gasteiger partial charge in [0.15, 0.2) is 11.4 Å². The van der Waals surface area contributed by atoms with Crippen molar-refractivity contribution in [3.8, 4) is 17.1 Å². The number of anilines is 2. The van der Waals surface area contributed by atoms with Gasteiger partial charge in [-0.1, -0.05) is 0 Å². The van der Waals surface area contributed by atoms with E-state index in [0.717, 1.165) is 18.5 Å². The average molecular weight is 614 g/mol. The highest BCUT2D eigenvalue weighted by Gasteiger charge is 2.36. The molecule has 0 fully saturated rings. The fraction of sp³-hybridized carbons (Fsp3) is 0.250. The Bertz CT molecular complexity index is 1690. The number of carbonyl (C=O) groups is 4. The summed E-state index contributed by atoms with van der Waals surface area (Å²) in [5.41, 5.74) is -0.338. The van der Waals surface area contributed by atoms with Crippen LogP contribution < -0.4 is 15.5 Å². The Morgan fingerprint density at radius 2 is 1.80 bits per heavy atom. The molecule has 0 aliphatic carbocycles. The third kappa shape index (κ3) is 7.64. The van der Waals surface area contributed by atoms with Gasteiger partial charge in [-0.3, -0.25) is 19.3 Å². The summed E-state index contributed by atoms with van der Waals surface area (Å²) < 4.78 is 51.8. The number of hydrogen-bond donors (Lipinski definition) is 2. The first kappa shape index (κ1) is 31.4. The van der Waals surface area contributed by atoms with E-state index >= 15 is 0 Å². The van der Waals surface area contributed by atoms with Crippen molar-refractivity contribution >= 4 is 35.7 Å². The largest absolute Gasteiger partial charge is 0.444 e. The maximum Gasteiger partial charge on any atom is 0.416 e. The highest BCUT2D eigenvalue weighted by atomic mass is 19.4. The predicted octanol–water partition coefficient (Wildman–Crippen LogP) is 4.65. The summed E-state index contributed by atoms with van der Waals surface area (Å²) in [5.74, 6) is -1.93. The molecular formula is C28H26F3N7O6. The summed E-state index contributed by atoms with van der Waals surface area (Å²) in [7, 11) is 1.39. The lowest BCUT2D eigenvalue weighted by Crippen LogP contribution is -2.42. The number of carbonyl (C=O) groups excluding carboxylic acids is 4. The van der Waals surface area contributed by atoms with Crippen molar-refractivity contribution in [3.05, 3.63) is 72.0 Å². The van der Waals surface area contributed by atoms with Crippen LogP contribution in [0.15, 0.2) is 59.5 Å². The van der Waals surface area contributed by atoms with Gasteiger partial charge in [0, 0.05) is 24.4 Å². The Hall–Kier alpha value is -5.54. The van der Waals surface area contributed by atoms with Gasteiger partial charge < -0.3 is 19.8 Å². The predicted molar refractivity (Wildman–Crippen MR) is 150 cm³/mol. The maximum atomic E-state index is 13.3. The number of alkyl halides is 3. The van der Waals surface area contributed by atoms with Crippen molar-refractivity contribution in [1.82, 2.24) is 25.1 Å². The van der Waals surface area contributed by atoms with Gasteiger partial charge in [-0.2, -0.15) is 18.3 Å². The summed E-state index contributed by atoms with van der Waals surface area (Å²) in [6, 6.07) is 8.80. The normalized spacial score (nSPS) is 11.5. The number of nitrogens with zero attached hydrogens (tertiary/aromatic N) is 5. The molecule has 16 heteroatoms. The van der Waals surface area contributed by atoms with Crippen LogP contribution in [0.5, 0.6) is 0 Å². The van der Waals surface area contributed by atoms with E-state index in [0.29, 0.717) is 22.4 Å². The Labute approximate surface area is 248 Å². The van der Waals surface area contributed by atoms with Crippen LogP contribution in [0.1, 0.15) is 52.1 Å². The van der Waals surface area contributed by atoms with Gasteiger partial charge in [0.25, 0.3) is 11.8 Å². The van der Waals surface area contributed by atoms with Crippen molar-refractivity contribution in [2.75, 3.05) is 23.8 Å². The number of benzene rings is 1. The van der Waals surface area contributed by atoms with Gasteiger partial charge in [-0.25, -0.2) is 19.4 Å². The lowest BCUT2D eigenvalue weighted by atomic mass is 10.2. The lowest BCUT2D eigenvalue weighted by Gasteiger charge is -2.27. The molecule has 0 aliphatic rings. The highest BCUT2D eigenvalue weighted by molar-refractivity contribution is 6.07. The fourth-order valence-electron chi connectivity index (χ4n) is 3.72. The second kappa shape index (κ2) is 12.4. The van der Waals surface area contributed by atoms with Crippen molar-refractivity contribution in [2.24, 2.45) is 0 Å². The van der Waals surface area contributed by atoms with Gasteiger partial charge in [0.2, 0.25) is 5.89 Å². The van der Waals surface area contributed by atoms with Crippen LogP contribution in [-0.2, 0) is 4.74 Å². The summed E-state index contributed by atoms with van der Waals surface area (Å²) in [4.78, 5) is 57.4. The molecule has 0 aliphatic heterocycles. The molecule has 2 N–H and O–H groups in total. The number of aromatic nitrogens is 4. The van der Waals surface area contributed by atoms with Gasteiger partial charge >= 0.3 is 12.3 Å². The summed E-state index contributed by atoms with van der Waals surface area (Å²) in [5, 5.41) is 9.20. The van der Waals surface area contributed by atoms with Gasteiger partial charge in [-0.15, -0.1) is 0 Å². The molecule has 0 atom stereocenters. The van der Waals surface area contributed by atoms with Crippen LogP contribution >= 0.6 is 0 Å². The van der Waals surface area contributed by atoms with Crippen LogP contribution in [0.4, 0.5) is 29.5 Å². The Morgan fingerprint density at radius 1 is 1.09 bits per heavy atom. The van der Waals surface area contributed by atoms with Crippen molar-refractivity contribution in [1.29, 1.82) is 0 Å². The second-order valence-electron chi connectivity index (χ2n) is 10.2. The minimum absolute atomic E-state index is 0.0321. The van der Waals surface area contributed by atoms with Crippen LogP contribution in [0.2, 0.25) is 0 Å². The van der Waals surface area contributed by atoms with Crippen LogP contribution in [0, 0.1) is 0 Å². The minimum Gasteiger partial charge on any atom is -0.444 e. The molecular weight excluding hydrogens is 587 g/mol. The minimum atomic E-state index is -4.76. The van der Waals surface area contributed by atoms with E-state index in [9.17, 15) is 32.3 Å². The van der Waals surface area contributed by atoms with E-state index in [1.807, 2.05) is 0 Å². The third-order valence-electron chi connectivity index (χ3n) is 5.66. The number of pyridine rings is 1. The summed E-state index contributed by atoms with van der Waals surface area (Å²) >= 11 is 0.